The Morgan fingerprint density at radius 1 is 1.18 bits per heavy atom. The molecule has 0 spiro atoms. The summed E-state index contributed by atoms with van der Waals surface area (Å²) in [5.74, 6) is -0.357. The summed E-state index contributed by atoms with van der Waals surface area (Å²) >= 11 is 0.894. The second-order valence-electron chi connectivity index (χ2n) is 9.48. The van der Waals surface area contributed by atoms with Gasteiger partial charge in [-0.05, 0) is 59.5 Å². The monoisotopic (exact) mass is 550 g/mol. The summed E-state index contributed by atoms with van der Waals surface area (Å²) in [7, 11) is 0. The quantitative estimate of drug-likeness (QED) is 0.281. The molecule has 0 fully saturated rings. The van der Waals surface area contributed by atoms with Crippen molar-refractivity contribution < 1.29 is 27.8 Å². The first-order chi connectivity index (χ1) is 18.6. The van der Waals surface area contributed by atoms with Crippen molar-refractivity contribution in [3.05, 3.63) is 92.2 Å². The molecule has 5 aromatic rings. The molecule has 0 amide bonds. The minimum absolute atomic E-state index is 0.0268. The van der Waals surface area contributed by atoms with Crippen LogP contribution >= 0.6 is 11.3 Å². The van der Waals surface area contributed by atoms with E-state index in [4.69, 9.17) is 4.74 Å². The van der Waals surface area contributed by atoms with Gasteiger partial charge in [-0.25, -0.2) is 0 Å². The fourth-order valence-electron chi connectivity index (χ4n) is 5.39. The number of benzene rings is 3. The Balaban J connectivity index is 1.64. The second kappa shape index (κ2) is 9.23. The Labute approximate surface area is 223 Å². The third-order valence-corrected chi connectivity index (χ3v) is 8.12. The van der Waals surface area contributed by atoms with Crippen LogP contribution in [0.3, 0.4) is 0 Å². The third-order valence-electron chi connectivity index (χ3n) is 7.11. The fraction of sp³-hybridized carbons (Fsp3) is 0.207. The SMILES string of the molecule is Cc1cc2c(sc(=O)n2Cc2ccccc2C(F)(F)F)c(-c2ccc3c4c(ccnc24)CCO3)c1CC(=O)O. The van der Waals surface area contributed by atoms with Gasteiger partial charge in [-0.1, -0.05) is 29.5 Å². The molecule has 0 radical (unpaired) electrons. The molecule has 1 aliphatic rings. The van der Waals surface area contributed by atoms with Crippen molar-refractivity contribution in [1.29, 1.82) is 0 Å². The van der Waals surface area contributed by atoms with E-state index >= 15 is 0 Å². The molecule has 0 atom stereocenters. The van der Waals surface area contributed by atoms with Crippen LogP contribution in [0.4, 0.5) is 13.2 Å². The molecular formula is C29H21F3N2O4S. The lowest BCUT2D eigenvalue weighted by Crippen LogP contribution is -2.17. The summed E-state index contributed by atoms with van der Waals surface area (Å²) in [6.45, 7) is 2.01. The lowest BCUT2D eigenvalue weighted by atomic mass is 9.90. The molecule has 0 bridgehead atoms. The van der Waals surface area contributed by atoms with Crippen LogP contribution < -0.4 is 9.61 Å². The third kappa shape index (κ3) is 4.24. The average Bonchev–Trinajstić information content (AvgIpc) is 3.19. The molecule has 6 nitrogen and oxygen atoms in total. The van der Waals surface area contributed by atoms with Gasteiger partial charge in [-0.2, -0.15) is 13.2 Å². The highest BCUT2D eigenvalue weighted by atomic mass is 32.1. The summed E-state index contributed by atoms with van der Waals surface area (Å²) in [6.07, 6.45) is -2.47. The molecule has 10 heteroatoms. The number of carboxylic acids is 1. The molecule has 1 N–H and O–H groups in total. The number of thiazole rings is 1. The van der Waals surface area contributed by atoms with Crippen molar-refractivity contribution in [2.45, 2.75) is 32.5 Å². The Morgan fingerprint density at radius 2 is 1.97 bits per heavy atom. The maximum atomic E-state index is 13.7. The zero-order valence-corrected chi connectivity index (χ0v) is 21.4. The predicted octanol–water partition coefficient (Wildman–Crippen LogP) is 6.22. The number of carboxylic acid groups (broad SMARTS) is 1. The van der Waals surface area contributed by atoms with Crippen molar-refractivity contribution in [2.24, 2.45) is 0 Å². The van der Waals surface area contributed by atoms with Crippen LogP contribution in [0, 0.1) is 6.92 Å². The van der Waals surface area contributed by atoms with Crippen molar-refractivity contribution >= 4 is 38.4 Å². The zero-order valence-electron chi connectivity index (χ0n) is 20.6. The van der Waals surface area contributed by atoms with E-state index in [1.165, 1.54) is 22.8 Å². The highest BCUT2D eigenvalue weighted by Gasteiger charge is 2.33. The van der Waals surface area contributed by atoms with E-state index in [9.17, 15) is 27.9 Å². The van der Waals surface area contributed by atoms with Crippen LogP contribution in [-0.2, 0) is 30.4 Å². The smallest absolute Gasteiger partial charge is 0.416 e. The number of rotatable bonds is 5. The second-order valence-corrected chi connectivity index (χ2v) is 10.4. The normalized spacial score (nSPS) is 13.1. The summed E-state index contributed by atoms with van der Waals surface area (Å²) in [4.78, 5) is 29.4. The number of pyridine rings is 1. The topological polar surface area (TPSA) is 81.4 Å². The van der Waals surface area contributed by atoms with Crippen molar-refractivity contribution in [2.75, 3.05) is 6.61 Å². The number of halogens is 3. The van der Waals surface area contributed by atoms with Gasteiger partial charge >= 0.3 is 17.0 Å². The first kappa shape index (κ1) is 25.1. The van der Waals surface area contributed by atoms with Crippen LogP contribution in [0.5, 0.6) is 5.75 Å². The minimum Gasteiger partial charge on any atom is -0.493 e. The van der Waals surface area contributed by atoms with Crippen molar-refractivity contribution in [1.82, 2.24) is 9.55 Å². The fourth-order valence-corrected chi connectivity index (χ4v) is 6.44. The Morgan fingerprint density at radius 3 is 2.74 bits per heavy atom. The Hall–Kier alpha value is -4.18. The van der Waals surface area contributed by atoms with Crippen molar-refractivity contribution in [3.8, 4) is 16.9 Å². The number of ether oxygens (including phenoxy) is 1. The molecule has 2 aromatic heterocycles. The number of aliphatic carboxylic acids is 1. The van der Waals surface area contributed by atoms with Gasteiger partial charge in [-0.3, -0.25) is 19.1 Å². The van der Waals surface area contributed by atoms with Gasteiger partial charge in [0.1, 0.15) is 5.75 Å². The lowest BCUT2D eigenvalue weighted by molar-refractivity contribution is -0.138. The Bertz CT molecular complexity index is 1850. The number of alkyl halides is 3. The number of hydrogen-bond acceptors (Lipinski definition) is 5. The number of carbonyl (C=O) groups is 1. The maximum absolute atomic E-state index is 13.7. The van der Waals surface area contributed by atoms with Gasteiger partial charge < -0.3 is 9.84 Å². The van der Waals surface area contributed by atoms with Gasteiger partial charge in [0, 0.05) is 29.1 Å². The molecule has 6 rings (SSSR count). The summed E-state index contributed by atoms with van der Waals surface area (Å²) in [5.41, 5.74) is 3.64. The van der Waals surface area contributed by atoms with E-state index in [0.29, 0.717) is 56.8 Å². The number of aromatic nitrogens is 2. The maximum Gasteiger partial charge on any atom is 0.416 e. The van der Waals surface area contributed by atoms with E-state index in [2.05, 4.69) is 4.98 Å². The van der Waals surface area contributed by atoms with Crippen LogP contribution in [0.1, 0.15) is 27.8 Å². The lowest BCUT2D eigenvalue weighted by Gasteiger charge is -2.21. The molecule has 3 aromatic carbocycles. The summed E-state index contributed by atoms with van der Waals surface area (Å²) in [5, 5.41) is 10.6. The highest BCUT2D eigenvalue weighted by Crippen LogP contribution is 2.43. The van der Waals surface area contributed by atoms with E-state index in [1.54, 1.807) is 19.2 Å². The van der Waals surface area contributed by atoms with E-state index in [0.717, 1.165) is 28.4 Å². The molecule has 0 unspecified atom stereocenters. The van der Waals surface area contributed by atoms with Crippen LogP contribution in [-0.4, -0.2) is 27.2 Å². The first-order valence-corrected chi connectivity index (χ1v) is 13.0. The van der Waals surface area contributed by atoms with Crippen LogP contribution in [0.25, 0.3) is 32.2 Å². The van der Waals surface area contributed by atoms with Crippen molar-refractivity contribution in [3.63, 3.8) is 0 Å². The van der Waals surface area contributed by atoms with Gasteiger partial charge in [0.25, 0.3) is 0 Å². The molecule has 0 saturated carbocycles. The molecular weight excluding hydrogens is 529 g/mol. The number of hydrogen-bond donors (Lipinski definition) is 1. The number of nitrogens with zero attached hydrogens (tertiary/aromatic N) is 2. The van der Waals surface area contributed by atoms with Gasteiger partial charge in [-0.15, -0.1) is 0 Å². The van der Waals surface area contributed by atoms with Crippen LogP contribution in [0.2, 0.25) is 0 Å². The summed E-state index contributed by atoms with van der Waals surface area (Å²) < 4.78 is 48.8. The predicted molar refractivity (Wildman–Crippen MR) is 143 cm³/mol. The highest BCUT2D eigenvalue weighted by molar-refractivity contribution is 7.17. The van der Waals surface area contributed by atoms with E-state index in [-0.39, 0.29) is 18.5 Å². The summed E-state index contributed by atoms with van der Waals surface area (Å²) in [6, 6.07) is 12.4. The van der Waals surface area contributed by atoms with Crippen LogP contribution in [0.15, 0.2) is 59.5 Å². The molecule has 39 heavy (non-hydrogen) atoms. The molecule has 0 aliphatic carbocycles. The first-order valence-electron chi connectivity index (χ1n) is 12.2. The largest absolute Gasteiger partial charge is 0.493 e. The number of fused-ring (bicyclic) bond motifs is 1. The Kier molecular flexibility index (Phi) is 5.95. The van der Waals surface area contributed by atoms with Gasteiger partial charge in [0.05, 0.1) is 40.9 Å². The molecule has 198 valence electrons. The number of aryl methyl sites for hydroxylation is 1. The zero-order chi connectivity index (χ0) is 27.5. The van der Waals surface area contributed by atoms with Gasteiger partial charge in [0.15, 0.2) is 0 Å². The molecule has 1 aliphatic heterocycles. The molecule has 3 heterocycles. The van der Waals surface area contributed by atoms with E-state index in [1.807, 2.05) is 18.2 Å². The minimum atomic E-state index is -4.57. The average molecular weight is 551 g/mol. The van der Waals surface area contributed by atoms with E-state index < -0.39 is 22.6 Å². The van der Waals surface area contributed by atoms with Gasteiger partial charge in [0.2, 0.25) is 0 Å². The standard InChI is InChI=1S/C29H21F3N2O4S/c1-15-12-21-27(39-28(37)34(21)14-17-4-2-3-5-20(17)29(30,31)32)25(19(15)13-23(35)36)18-6-7-22-24-16(9-11-38-22)8-10-33-26(18)24/h2-8,10,12H,9,11,13-14H2,1H3,(H,35,36). The molecule has 0 saturated heterocycles.